The number of nitrogens with one attached hydrogen (secondary N) is 2. The van der Waals surface area contributed by atoms with E-state index in [0.29, 0.717) is 17.9 Å². The number of aromatic amines is 2. The quantitative estimate of drug-likeness (QED) is 0.632. The monoisotopic (exact) mass is 269 g/mol. The third kappa shape index (κ3) is 2.11. The molecule has 0 spiro atoms. The Labute approximate surface area is 115 Å². The number of rotatable bonds is 3. The molecule has 1 amide bonds. The number of anilines is 1. The second-order valence-corrected chi connectivity index (χ2v) is 4.76. The molecule has 2 heterocycles. The Bertz CT molecular complexity index is 744. The van der Waals surface area contributed by atoms with E-state index in [1.807, 2.05) is 24.3 Å². The molecule has 0 bridgehead atoms. The molecule has 6 nitrogen and oxygen atoms in total. The average Bonchev–Trinajstić information content (AvgIpc) is 3.07. The fourth-order valence-corrected chi connectivity index (χ4v) is 2.21. The van der Waals surface area contributed by atoms with Gasteiger partial charge in [-0.1, -0.05) is 12.1 Å². The molecule has 0 radical (unpaired) electrons. The number of para-hydroxylation sites is 1. The molecular formula is C14H15N5O. The summed E-state index contributed by atoms with van der Waals surface area (Å²) in [4.78, 5) is 17.1. The van der Waals surface area contributed by atoms with Crippen molar-refractivity contribution in [2.45, 2.75) is 6.54 Å². The topological polar surface area (TPSA) is 90.8 Å². The molecule has 0 unspecified atom stereocenters. The van der Waals surface area contributed by atoms with Crippen LogP contribution in [0.5, 0.6) is 0 Å². The lowest BCUT2D eigenvalue weighted by Gasteiger charge is -2.14. The summed E-state index contributed by atoms with van der Waals surface area (Å²) >= 11 is 0. The van der Waals surface area contributed by atoms with Crippen LogP contribution < -0.4 is 5.73 Å². The number of hydrogen-bond acceptors (Lipinski definition) is 3. The average molecular weight is 269 g/mol. The van der Waals surface area contributed by atoms with Gasteiger partial charge in [0.25, 0.3) is 5.91 Å². The number of H-pyrrole nitrogens is 2. The highest BCUT2D eigenvalue weighted by Gasteiger charge is 2.15. The molecule has 0 saturated carbocycles. The molecule has 3 rings (SSSR count). The molecule has 102 valence electrons. The molecule has 6 heteroatoms. The van der Waals surface area contributed by atoms with Crippen molar-refractivity contribution in [3.05, 3.63) is 47.9 Å². The van der Waals surface area contributed by atoms with Gasteiger partial charge in [-0.15, -0.1) is 0 Å². The van der Waals surface area contributed by atoms with Gasteiger partial charge in [-0.2, -0.15) is 5.10 Å². The van der Waals surface area contributed by atoms with Crippen LogP contribution in [0.2, 0.25) is 0 Å². The summed E-state index contributed by atoms with van der Waals surface area (Å²) < 4.78 is 0. The molecule has 0 aliphatic rings. The molecule has 1 aromatic carbocycles. The summed E-state index contributed by atoms with van der Waals surface area (Å²) in [5, 5.41) is 7.53. The highest BCUT2D eigenvalue weighted by molar-refractivity contribution is 6.00. The van der Waals surface area contributed by atoms with E-state index in [2.05, 4.69) is 15.2 Å². The number of nitrogens with zero attached hydrogens (tertiary/aromatic N) is 2. The lowest BCUT2D eigenvalue weighted by molar-refractivity contribution is 0.0780. The second-order valence-electron chi connectivity index (χ2n) is 4.76. The van der Waals surface area contributed by atoms with Gasteiger partial charge in [0.2, 0.25) is 0 Å². The number of nitrogens with two attached hydrogens (primary N) is 1. The normalized spacial score (nSPS) is 10.8. The van der Waals surface area contributed by atoms with E-state index in [1.165, 1.54) is 0 Å². The van der Waals surface area contributed by atoms with Crippen molar-refractivity contribution < 1.29 is 4.79 Å². The van der Waals surface area contributed by atoms with Crippen LogP contribution in [0.15, 0.2) is 36.7 Å². The van der Waals surface area contributed by atoms with Gasteiger partial charge in [-0.05, 0) is 12.1 Å². The first-order chi connectivity index (χ1) is 9.65. The van der Waals surface area contributed by atoms with Crippen LogP contribution >= 0.6 is 0 Å². The zero-order valence-electron chi connectivity index (χ0n) is 11.1. The van der Waals surface area contributed by atoms with Gasteiger partial charge < -0.3 is 15.6 Å². The maximum atomic E-state index is 12.4. The van der Waals surface area contributed by atoms with E-state index in [-0.39, 0.29) is 5.91 Å². The van der Waals surface area contributed by atoms with E-state index in [4.69, 9.17) is 5.73 Å². The zero-order valence-corrected chi connectivity index (χ0v) is 11.1. The van der Waals surface area contributed by atoms with Crippen LogP contribution in [0.25, 0.3) is 10.9 Å². The highest BCUT2D eigenvalue weighted by Crippen LogP contribution is 2.21. The number of nitrogen functional groups attached to an aromatic ring is 1. The third-order valence-electron chi connectivity index (χ3n) is 3.24. The first-order valence-electron chi connectivity index (χ1n) is 6.25. The summed E-state index contributed by atoms with van der Waals surface area (Å²) in [7, 11) is 1.75. The van der Waals surface area contributed by atoms with Gasteiger partial charge in [0.15, 0.2) is 0 Å². The number of benzene rings is 1. The van der Waals surface area contributed by atoms with E-state index < -0.39 is 0 Å². The molecular weight excluding hydrogens is 254 g/mol. The molecule has 0 aliphatic carbocycles. The Kier molecular flexibility index (Phi) is 2.90. The standard InChI is InChI=1S/C14H15N5O/c1-19(8-9-6-16-17-7-9)14(20)12-5-10-3-2-4-11(15)13(10)18-12/h2-7,18H,8,15H2,1H3,(H,16,17). The van der Waals surface area contributed by atoms with Gasteiger partial charge >= 0.3 is 0 Å². The molecule has 0 saturated heterocycles. The van der Waals surface area contributed by atoms with Crippen LogP contribution in [0.3, 0.4) is 0 Å². The fourth-order valence-electron chi connectivity index (χ4n) is 2.21. The Morgan fingerprint density at radius 2 is 2.30 bits per heavy atom. The number of hydrogen-bond donors (Lipinski definition) is 3. The van der Waals surface area contributed by atoms with E-state index in [9.17, 15) is 4.79 Å². The number of carbonyl (C=O) groups is 1. The van der Waals surface area contributed by atoms with Gasteiger partial charge in [0.05, 0.1) is 17.4 Å². The van der Waals surface area contributed by atoms with Crippen LogP contribution in [0.4, 0.5) is 5.69 Å². The molecule has 0 fully saturated rings. The molecule has 0 atom stereocenters. The van der Waals surface area contributed by atoms with Crippen molar-refractivity contribution in [1.29, 1.82) is 0 Å². The summed E-state index contributed by atoms with van der Waals surface area (Å²) in [6.45, 7) is 0.500. The molecule has 4 N–H and O–H groups in total. The largest absolute Gasteiger partial charge is 0.397 e. The zero-order chi connectivity index (χ0) is 14.1. The minimum atomic E-state index is -0.0817. The minimum Gasteiger partial charge on any atom is -0.397 e. The van der Waals surface area contributed by atoms with Crippen molar-refractivity contribution >= 4 is 22.5 Å². The molecule has 0 aliphatic heterocycles. The summed E-state index contributed by atoms with van der Waals surface area (Å²) in [6.07, 6.45) is 3.47. The van der Waals surface area contributed by atoms with E-state index in [0.717, 1.165) is 16.5 Å². The lowest BCUT2D eigenvalue weighted by Crippen LogP contribution is -2.26. The van der Waals surface area contributed by atoms with Crippen LogP contribution in [-0.2, 0) is 6.54 Å². The predicted octanol–water partition coefficient (Wildman–Crippen LogP) is 1.75. The SMILES string of the molecule is CN(Cc1cn[nH]c1)C(=O)c1cc2cccc(N)c2[nH]1. The number of amides is 1. The number of fused-ring (bicyclic) bond motifs is 1. The third-order valence-corrected chi connectivity index (χ3v) is 3.24. The van der Waals surface area contributed by atoms with Crippen molar-refractivity contribution in [1.82, 2.24) is 20.1 Å². The second kappa shape index (κ2) is 4.73. The predicted molar refractivity (Wildman–Crippen MR) is 77.1 cm³/mol. The van der Waals surface area contributed by atoms with Gasteiger partial charge in [0.1, 0.15) is 5.69 Å². The number of aromatic nitrogens is 3. The van der Waals surface area contributed by atoms with Crippen molar-refractivity contribution in [3.8, 4) is 0 Å². The maximum Gasteiger partial charge on any atom is 0.270 e. The van der Waals surface area contributed by atoms with Crippen molar-refractivity contribution in [3.63, 3.8) is 0 Å². The first kappa shape index (κ1) is 12.3. The van der Waals surface area contributed by atoms with E-state index in [1.54, 1.807) is 24.3 Å². The summed E-state index contributed by atoms with van der Waals surface area (Å²) in [5.74, 6) is -0.0817. The summed E-state index contributed by atoms with van der Waals surface area (Å²) in [5.41, 5.74) is 8.81. The van der Waals surface area contributed by atoms with Gasteiger partial charge in [-0.25, -0.2) is 0 Å². The van der Waals surface area contributed by atoms with E-state index >= 15 is 0 Å². The van der Waals surface area contributed by atoms with Crippen molar-refractivity contribution in [2.75, 3.05) is 12.8 Å². The smallest absolute Gasteiger partial charge is 0.270 e. The van der Waals surface area contributed by atoms with Crippen LogP contribution in [0, 0.1) is 0 Å². The molecule has 2 aromatic heterocycles. The molecule has 3 aromatic rings. The molecule has 20 heavy (non-hydrogen) atoms. The first-order valence-corrected chi connectivity index (χ1v) is 6.25. The van der Waals surface area contributed by atoms with Crippen LogP contribution in [0.1, 0.15) is 16.1 Å². The fraction of sp³-hybridized carbons (Fsp3) is 0.143. The number of carbonyl (C=O) groups excluding carboxylic acids is 1. The highest BCUT2D eigenvalue weighted by atomic mass is 16.2. The van der Waals surface area contributed by atoms with Gasteiger partial charge in [-0.3, -0.25) is 9.89 Å². The lowest BCUT2D eigenvalue weighted by atomic mass is 10.2. The Morgan fingerprint density at radius 1 is 1.45 bits per heavy atom. The Balaban J connectivity index is 1.86. The maximum absolute atomic E-state index is 12.4. The Morgan fingerprint density at radius 3 is 3.00 bits per heavy atom. The summed E-state index contributed by atoms with van der Waals surface area (Å²) in [6, 6.07) is 7.42. The van der Waals surface area contributed by atoms with Gasteiger partial charge in [0, 0.05) is 30.7 Å². The minimum absolute atomic E-state index is 0.0817. The van der Waals surface area contributed by atoms with Crippen LogP contribution in [-0.4, -0.2) is 33.0 Å². The Hall–Kier alpha value is -2.76. The van der Waals surface area contributed by atoms with Crippen molar-refractivity contribution in [2.24, 2.45) is 0 Å².